The summed E-state index contributed by atoms with van der Waals surface area (Å²) < 4.78 is 26.0. The maximum Gasteiger partial charge on any atom is 0.214 e. The summed E-state index contributed by atoms with van der Waals surface area (Å²) in [4.78, 5) is 2.24. The molecule has 2 rings (SSSR count). The monoisotopic (exact) mass is 364 g/mol. The highest BCUT2D eigenvalue weighted by Crippen LogP contribution is 2.23. The van der Waals surface area contributed by atoms with E-state index >= 15 is 0 Å². The van der Waals surface area contributed by atoms with Crippen molar-refractivity contribution in [1.29, 1.82) is 0 Å². The van der Waals surface area contributed by atoms with Gasteiger partial charge >= 0.3 is 0 Å². The molecule has 0 atom stereocenters. The van der Waals surface area contributed by atoms with Crippen LogP contribution in [0.25, 0.3) is 0 Å². The number of hydrogen-bond acceptors (Lipinski definition) is 3. The number of rotatable bonds is 6. The molecule has 1 aromatic carbocycles. The van der Waals surface area contributed by atoms with Gasteiger partial charge in [0.25, 0.3) is 0 Å². The summed E-state index contributed by atoms with van der Waals surface area (Å²) in [5.41, 5.74) is 1.09. The van der Waals surface area contributed by atoms with Crippen LogP contribution < -0.4 is 0 Å². The first-order valence-electron chi connectivity index (χ1n) is 7.56. The Bertz CT molecular complexity index is 600. The van der Waals surface area contributed by atoms with Crippen LogP contribution in [-0.4, -0.2) is 49.6 Å². The quantitative estimate of drug-likeness (QED) is 0.777. The van der Waals surface area contributed by atoms with Crippen molar-refractivity contribution in [3.8, 4) is 0 Å². The van der Waals surface area contributed by atoms with Gasteiger partial charge in [0, 0.05) is 32.7 Å². The van der Waals surface area contributed by atoms with Crippen molar-refractivity contribution in [3.63, 3.8) is 0 Å². The average Bonchev–Trinajstić information content (AvgIpc) is 2.50. The molecule has 0 aliphatic carbocycles. The summed E-state index contributed by atoms with van der Waals surface area (Å²) in [6.45, 7) is 5.38. The molecule has 0 saturated carbocycles. The molecule has 0 amide bonds. The summed E-state index contributed by atoms with van der Waals surface area (Å²) in [5, 5.41) is 1.11. The van der Waals surface area contributed by atoms with Crippen molar-refractivity contribution in [2.75, 3.05) is 31.9 Å². The Morgan fingerprint density at radius 3 is 2.36 bits per heavy atom. The smallest absolute Gasteiger partial charge is 0.214 e. The molecule has 0 unspecified atom stereocenters. The predicted molar refractivity (Wildman–Crippen MR) is 92.0 cm³/mol. The lowest BCUT2D eigenvalue weighted by molar-refractivity contribution is 0.181. The molecule has 1 aliphatic rings. The van der Waals surface area contributed by atoms with Gasteiger partial charge in [0.1, 0.15) is 0 Å². The first kappa shape index (κ1) is 18.0. The third-order valence-electron chi connectivity index (χ3n) is 3.87. The van der Waals surface area contributed by atoms with Crippen molar-refractivity contribution in [2.45, 2.75) is 26.3 Å². The van der Waals surface area contributed by atoms with Gasteiger partial charge in [-0.1, -0.05) is 42.6 Å². The zero-order chi connectivity index (χ0) is 16.2. The maximum absolute atomic E-state index is 12.2. The molecule has 0 radical (unpaired) electrons. The molecule has 0 bridgehead atoms. The molecule has 124 valence electrons. The van der Waals surface area contributed by atoms with Crippen molar-refractivity contribution in [2.24, 2.45) is 0 Å². The topological polar surface area (TPSA) is 40.6 Å². The van der Waals surface area contributed by atoms with E-state index in [9.17, 15) is 8.42 Å². The minimum absolute atomic E-state index is 0.260. The Balaban J connectivity index is 1.88. The number of nitrogens with zero attached hydrogens (tertiary/aromatic N) is 2. The van der Waals surface area contributed by atoms with E-state index in [1.165, 1.54) is 0 Å². The fourth-order valence-electron chi connectivity index (χ4n) is 2.52. The first-order chi connectivity index (χ1) is 10.4. The average molecular weight is 365 g/mol. The first-order valence-corrected chi connectivity index (χ1v) is 9.93. The lowest BCUT2D eigenvalue weighted by atomic mass is 10.2. The Labute approximate surface area is 143 Å². The van der Waals surface area contributed by atoms with Crippen LogP contribution in [0.4, 0.5) is 0 Å². The van der Waals surface area contributed by atoms with E-state index in [1.54, 1.807) is 10.4 Å². The number of sulfonamides is 1. The van der Waals surface area contributed by atoms with Crippen molar-refractivity contribution < 1.29 is 8.42 Å². The summed E-state index contributed by atoms with van der Waals surface area (Å²) in [7, 11) is -3.09. The van der Waals surface area contributed by atoms with Crippen LogP contribution in [0.5, 0.6) is 0 Å². The standard InChI is InChI=1S/C15H22Cl2N2O2S/c1-2-3-10-22(20,21)19-8-6-18(7-9-19)12-13-4-5-14(16)15(17)11-13/h4-5,11H,2-3,6-10,12H2,1H3. The maximum atomic E-state index is 12.2. The van der Waals surface area contributed by atoms with Gasteiger partial charge in [-0.05, 0) is 24.1 Å². The fourth-order valence-corrected chi connectivity index (χ4v) is 4.47. The molecule has 1 heterocycles. The van der Waals surface area contributed by atoms with Gasteiger partial charge in [0.2, 0.25) is 10.0 Å². The van der Waals surface area contributed by atoms with E-state index in [1.807, 2.05) is 19.1 Å². The molecule has 1 aliphatic heterocycles. The molecule has 1 aromatic rings. The van der Waals surface area contributed by atoms with Crippen LogP contribution in [0, 0.1) is 0 Å². The van der Waals surface area contributed by atoms with Crippen LogP contribution in [0.3, 0.4) is 0 Å². The number of benzene rings is 1. The Morgan fingerprint density at radius 2 is 1.77 bits per heavy atom. The highest BCUT2D eigenvalue weighted by Gasteiger charge is 2.26. The third-order valence-corrected chi connectivity index (χ3v) is 6.57. The minimum Gasteiger partial charge on any atom is -0.296 e. The zero-order valence-corrected chi connectivity index (χ0v) is 15.1. The Kier molecular flexibility index (Phi) is 6.53. The molecular weight excluding hydrogens is 343 g/mol. The lowest BCUT2D eigenvalue weighted by Gasteiger charge is -2.34. The van der Waals surface area contributed by atoms with E-state index in [4.69, 9.17) is 23.2 Å². The predicted octanol–water partition coefficient (Wildman–Crippen LogP) is 3.24. The van der Waals surface area contributed by atoms with Crippen LogP contribution in [0.1, 0.15) is 25.3 Å². The second-order valence-electron chi connectivity index (χ2n) is 5.59. The van der Waals surface area contributed by atoms with Gasteiger partial charge in [0.15, 0.2) is 0 Å². The molecule has 0 N–H and O–H groups in total. The van der Waals surface area contributed by atoms with Crippen molar-refractivity contribution in [1.82, 2.24) is 9.21 Å². The van der Waals surface area contributed by atoms with E-state index in [2.05, 4.69) is 4.90 Å². The largest absolute Gasteiger partial charge is 0.296 e. The molecule has 22 heavy (non-hydrogen) atoms. The summed E-state index contributed by atoms with van der Waals surface area (Å²) >= 11 is 11.9. The summed E-state index contributed by atoms with van der Waals surface area (Å²) in [6.07, 6.45) is 1.63. The van der Waals surface area contributed by atoms with Crippen LogP contribution >= 0.6 is 23.2 Å². The number of piperazine rings is 1. The number of halogens is 2. The minimum atomic E-state index is -3.09. The summed E-state index contributed by atoms with van der Waals surface area (Å²) in [6, 6.07) is 5.62. The number of hydrogen-bond donors (Lipinski definition) is 0. The molecular formula is C15H22Cl2N2O2S. The second-order valence-corrected chi connectivity index (χ2v) is 8.50. The number of unbranched alkanes of at least 4 members (excludes halogenated alkanes) is 1. The van der Waals surface area contributed by atoms with Crippen LogP contribution in [0.2, 0.25) is 10.0 Å². The zero-order valence-electron chi connectivity index (χ0n) is 12.8. The normalized spacial score (nSPS) is 17.8. The van der Waals surface area contributed by atoms with E-state index in [0.29, 0.717) is 23.1 Å². The Hall–Kier alpha value is -0.330. The molecule has 1 saturated heterocycles. The van der Waals surface area contributed by atoms with Crippen molar-refractivity contribution in [3.05, 3.63) is 33.8 Å². The second kappa shape index (κ2) is 7.97. The van der Waals surface area contributed by atoms with Crippen molar-refractivity contribution >= 4 is 33.2 Å². The SMILES string of the molecule is CCCCS(=O)(=O)N1CCN(Cc2ccc(Cl)c(Cl)c2)CC1. The summed E-state index contributed by atoms with van der Waals surface area (Å²) in [5.74, 6) is 0.260. The molecule has 0 aromatic heterocycles. The third kappa shape index (κ3) is 4.83. The van der Waals surface area contributed by atoms with Gasteiger partial charge in [-0.25, -0.2) is 8.42 Å². The Morgan fingerprint density at radius 1 is 1.09 bits per heavy atom. The van der Waals surface area contributed by atoms with Gasteiger partial charge in [0.05, 0.1) is 15.8 Å². The highest BCUT2D eigenvalue weighted by molar-refractivity contribution is 7.89. The van der Waals surface area contributed by atoms with Gasteiger partial charge in [-0.2, -0.15) is 4.31 Å². The highest BCUT2D eigenvalue weighted by atomic mass is 35.5. The van der Waals surface area contributed by atoms with E-state index < -0.39 is 10.0 Å². The van der Waals surface area contributed by atoms with Gasteiger partial charge in [-0.15, -0.1) is 0 Å². The van der Waals surface area contributed by atoms with Gasteiger partial charge < -0.3 is 0 Å². The lowest BCUT2D eigenvalue weighted by Crippen LogP contribution is -2.48. The van der Waals surface area contributed by atoms with Crippen LogP contribution in [0.15, 0.2) is 18.2 Å². The molecule has 7 heteroatoms. The van der Waals surface area contributed by atoms with E-state index in [-0.39, 0.29) is 5.75 Å². The molecule has 4 nitrogen and oxygen atoms in total. The molecule has 0 spiro atoms. The van der Waals surface area contributed by atoms with E-state index in [0.717, 1.165) is 38.0 Å². The molecule has 1 fully saturated rings. The van der Waals surface area contributed by atoms with Gasteiger partial charge in [-0.3, -0.25) is 4.90 Å². The fraction of sp³-hybridized carbons (Fsp3) is 0.600. The van der Waals surface area contributed by atoms with Crippen LogP contribution in [-0.2, 0) is 16.6 Å².